The molecule has 0 aliphatic heterocycles. The maximum atomic E-state index is 11.9. The van der Waals surface area contributed by atoms with Gasteiger partial charge in [0.15, 0.2) is 0 Å². The van der Waals surface area contributed by atoms with E-state index in [9.17, 15) is 19.8 Å². The van der Waals surface area contributed by atoms with Crippen molar-refractivity contribution in [2.24, 2.45) is 5.92 Å². The molecule has 0 aromatic rings. The monoisotopic (exact) mass is 301 g/mol. The molecule has 6 nitrogen and oxygen atoms in total. The first-order valence-corrected chi connectivity index (χ1v) is 7.84. The second-order valence-electron chi connectivity index (χ2n) is 5.91. The molecule has 1 rings (SSSR count). The Labute approximate surface area is 125 Å². The van der Waals surface area contributed by atoms with Gasteiger partial charge in [-0.3, -0.25) is 9.59 Å². The highest BCUT2D eigenvalue weighted by Crippen LogP contribution is 2.24. The van der Waals surface area contributed by atoms with Crippen molar-refractivity contribution in [3.63, 3.8) is 0 Å². The summed E-state index contributed by atoms with van der Waals surface area (Å²) in [5, 5.41) is 30.4. The van der Waals surface area contributed by atoms with Crippen LogP contribution in [0.25, 0.3) is 0 Å². The summed E-state index contributed by atoms with van der Waals surface area (Å²) in [6, 6.07) is 0. The van der Waals surface area contributed by atoms with Crippen LogP contribution in [0.1, 0.15) is 57.8 Å². The molecular formula is C15H27NO5. The van der Waals surface area contributed by atoms with Gasteiger partial charge in [0.1, 0.15) is 0 Å². The van der Waals surface area contributed by atoms with Gasteiger partial charge in [-0.05, 0) is 32.1 Å². The zero-order valence-electron chi connectivity index (χ0n) is 12.5. The average Bonchev–Trinajstić information content (AvgIpc) is 2.40. The summed E-state index contributed by atoms with van der Waals surface area (Å²) in [6.45, 7) is 0.598. The fourth-order valence-electron chi connectivity index (χ4n) is 2.76. The van der Waals surface area contributed by atoms with E-state index in [2.05, 4.69) is 5.32 Å². The number of amides is 1. The van der Waals surface area contributed by atoms with Crippen molar-refractivity contribution in [3.8, 4) is 0 Å². The third-order valence-corrected chi connectivity index (χ3v) is 3.89. The molecule has 2 unspecified atom stereocenters. The first-order valence-electron chi connectivity index (χ1n) is 7.84. The third-order valence-electron chi connectivity index (χ3n) is 3.89. The van der Waals surface area contributed by atoms with Gasteiger partial charge in [0.25, 0.3) is 0 Å². The number of nitrogens with one attached hydrogen (secondary N) is 1. The Bertz CT molecular complexity index is 324. The number of carbonyl (C=O) groups excluding carboxylic acids is 1. The van der Waals surface area contributed by atoms with Gasteiger partial charge in [0, 0.05) is 18.9 Å². The molecule has 2 atom stereocenters. The minimum atomic E-state index is -0.751. The Balaban J connectivity index is 2.02. The molecule has 0 saturated heterocycles. The highest BCUT2D eigenvalue weighted by Gasteiger charge is 2.30. The van der Waals surface area contributed by atoms with Crippen LogP contribution in [0.2, 0.25) is 0 Å². The second kappa shape index (κ2) is 9.73. The molecule has 0 bridgehead atoms. The number of hydrogen-bond donors (Lipinski definition) is 4. The van der Waals surface area contributed by atoms with Gasteiger partial charge < -0.3 is 20.6 Å². The summed E-state index contributed by atoms with van der Waals surface area (Å²) in [5.41, 5.74) is 0. The van der Waals surface area contributed by atoms with E-state index in [4.69, 9.17) is 5.11 Å². The number of unbranched alkanes of at least 4 members (excludes halogenated alkanes) is 4. The summed E-state index contributed by atoms with van der Waals surface area (Å²) < 4.78 is 0. The standard InChI is InChI=1S/C15H27NO5/c17-12-8-11(9-13(18)10-12)15(21)16-7-5-3-1-2-4-6-14(19)20/h11-13,17-18H,1-10H2,(H,16,21)(H,19,20). The minimum absolute atomic E-state index is 0.0846. The Morgan fingerprint density at radius 3 is 2.10 bits per heavy atom. The Morgan fingerprint density at radius 2 is 1.48 bits per heavy atom. The second-order valence-corrected chi connectivity index (χ2v) is 5.91. The number of aliphatic hydroxyl groups is 2. The van der Waals surface area contributed by atoms with Crippen LogP contribution in [-0.4, -0.2) is 45.9 Å². The largest absolute Gasteiger partial charge is 0.481 e. The first kappa shape index (κ1) is 17.9. The van der Waals surface area contributed by atoms with Crippen LogP contribution < -0.4 is 5.32 Å². The summed E-state index contributed by atoms with van der Waals surface area (Å²) in [6.07, 6.45) is 4.70. The van der Waals surface area contributed by atoms with E-state index in [0.29, 0.717) is 32.2 Å². The number of carboxylic acids is 1. The molecule has 21 heavy (non-hydrogen) atoms. The van der Waals surface area contributed by atoms with Gasteiger partial charge in [-0.15, -0.1) is 0 Å². The van der Waals surface area contributed by atoms with Gasteiger partial charge in [-0.25, -0.2) is 0 Å². The highest BCUT2D eigenvalue weighted by molar-refractivity contribution is 5.78. The van der Waals surface area contributed by atoms with Crippen LogP contribution >= 0.6 is 0 Å². The number of hydrogen-bond acceptors (Lipinski definition) is 4. The summed E-state index contributed by atoms with van der Waals surface area (Å²) in [4.78, 5) is 22.2. The van der Waals surface area contributed by atoms with Crippen molar-refractivity contribution in [3.05, 3.63) is 0 Å². The van der Waals surface area contributed by atoms with Crippen molar-refractivity contribution in [1.82, 2.24) is 5.32 Å². The SMILES string of the molecule is O=C(O)CCCCCCCNC(=O)C1CC(O)CC(O)C1. The van der Waals surface area contributed by atoms with Crippen molar-refractivity contribution >= 4 is 11.9 Å². The predicted octanol–water partition coefficient (Wildman–Crippen LogP) is 1.05. The van der Waals surface area contributed by atoms with Crippen LogP contribution in [0.3, 0.4) is 0 Å². The molecule has 0 aromatic carbocycles. The topological polar surface area (TPSA) is 107 Å². The van der Waals surface area contributed by atoms with Gasteiger partial charge in [0.05, 0.1) is 12.2 Å². The van der Waals surface area contributed by atoms with Gasteiger partial charge in [-0.2, -0.15) is 0 Å². The summed E-state index contributed by atoms with van der Waals surface area (Å²) in [5.74, 6) is -1.13. The Morgan fingerprint density at radius 1 is 0.905 bits per heavy atom. The molecule has 0 radical (unpaired) electrons. The van der Waals surface area contributed by atoms with Crippen molar-refractivity contribution < 1.29 is 24.9 Å². The molecule has 4 N–H and O–H groups in total. The first-order chi connectivity index (χ1) is 9.99. The number of aliphatic carboxylic acids is 1. The fourth-order valence-corrected chi connectivity index (χ4v) is 2.76. The fraction of sp³-hybridized carbons (Fsp3) is 0.867. The van der Waals surface area contributed by atoms with Gasteiger partial charge >= 0.3 is 5.97 Å². The van der Waals surface area contributed by atoms with Crippen LogP contribution in [0, 0.1) is 5.92 Å². The lowest BCUT2D eigenvalue weighted by atomic mass is 9.85. The van der Waals surface area contributed by atoms with Crippen LogP contribution in [0.15, 0.2) is 0 Å². The van der Waals surface area contributed by atoms with E-state index < -0.39 is 18.2 Å². The molecule has 1 fully saturated rings. The average molecular weight is 301 g/mol. The molecule has 0 spiro atoms. The van der Waals surface area contributed by atoms with E-state index in [-0.39, 0.29) is 18.2 Å². The third kappa shape index (κ3) is 8.02. The van der Waals surface area contributed by atoms with Crippen molar-refractivity contribution in [2.45, 2.75) is 70.0 Å². The summed E-state index contributed by atoms with van der Waals surface area (Å²) >= 11 is 0. The Kier molecular flexibility index (Phi) is 8.30. The highest BCUT2D eigenvalue weighted by atomic mass is 16.4. The molecule has 6 heteroatoms. The number of carbonyl (C=O) groups is 2. The lowest BCUT2D eigenvalue weighted by Crippen LogP contribution is -2.39. The summed E-state index contributed by atoms with van der Waals surface area (Å²) in [7, 11) is 0. The predicted molar refractivity (Wildman–Crippen MR) is 77.7 cm³/mol. The quantitative estimate of drug-likeness (QED) is 0.476. The molecule has 1 amide bonds. The van der Waals surface area contributed by atoms with Crippen LogP contribution in [-0.2, 0) is 9.59 Å². The van der Waals surface area contributed by atoms with Crippen LogP contribution in [0.4, 0.5) is 0 Å². The lowest BCUT2D eigenvalue weighted by Gasteiger charge is -2.28. The Hall–Kier alpha value is -1.14. The van der Waals surface area contributed by atoms with E-state index in [1.807, 2.05) is 0 Å². The van der Waals surface area contributed by atoms with Crippen LogP contribution in [0.5, 0.6) is 0 Å². The van der Waals surface area contributed by atoms with Gasteiger partial charge in [-0.1, -0.05) is 19.3 Å². The lowest BCUT2D eigenvalue weighted by molar-refractivity contribution is -0.137. The van der Waals surface area contributed by atoms with E-state index in [1.165, 1.54) is 0 Å². The minimum Gasteiger partial charge on any atom is -0.481 e. The van der Waals surface area contributed by atoms with Gasteiger partial charge in [0.2, 0.25) is 5.91 Å². The van der Waals surface area contributed by atoms with E-state index in [1.54, 1.807) is 0 Å². The zero-order chi connectivity index (χ0) is 15.7. The maximum Gasteiger partial charge on any atom is 0.303 e. The number of aliphatic hydroxyl groups excluding tert-OH is 2. The number of rotatable bonds is 9. The zero-order valence-corrected chi connectivity index (χ0v) is 12.5. The molecular weight excluding hydrogens is 274 g/mol. The molecule has 0 aromatic heterocycles. The smallest absolute Gasteiger partial charge is 0.303 e. The normalized spacial score (nSPS) is 25.5. The molecule has 1 aliphatic rings. The molecule has 1 saturated carbocycles. The molecule has 122 valence electrons. The van der Waals surface area contributed by atoms with E-state index in [0.717, 1.165) is 25.7 Å². The van der Waals surface area contributed by atoms with Crippen molar-refractivity contribution in [2.75, 3.05) is 6.54 Å². The van der Waals surface area contributed by atoms with Crippen molar-refractivity contribution in [1.29, 1.82) is 0 Å². The molecule has 0 heterocycles. The molecule has 1 aliphatic carbocycles. The number of carboxylic acid groups (broad SMARTS) is 1. The van der Waals surface area contributed by atoms with E-state index >= 15 is 0 Å². The maximum absolute atomic E-state index is 11.9.